The van der Waals surface area contributed by atoms with Crippen molar-refractivity contribution in [1.82, 2.24) is 0 Å². The van der Waals surface area contributed by atoms with Gasteiger partial charge in [0.05, 0.1) is 22.9 Å². The summed E-state index contributed by atoms with van der Waals surface area (Å²) in [5, 5.41) is 8.68. The maximum absolute atomic E-state index is 13.2. The minimum absolute atomic E-state index is 0.000433. The molecular formula is C14H8F4N2O. The van der Waals surface area contributed by atoms with Crippen molar-refractivity contribution in [3.63, 3.8) is 0 Å². The summed E-state index contributed by atoms with van der Waals surface area (Å²) in [6.07, 6.45) is -4.68. The maximum Gasteiger partial charge on any atom is 0.417 e. The fourth-order valence-corrected chi connectivity index (χ4v) is 1.63. The molecule has 0 aromatic heterocycles. The minimum atomic E-state index is -4.68. The quantitative estimate of drug-likeness (QED) is 0.670. The molecule has 3 nitrogen and oxygen atoms in total. The van der Waals surface area contributed by atoms with Crippen LogP contribution in [0.25, 0.3) is 0 Å². The van der Waals surface area contributed by atoms with E-state index in [9.17, 15) is 17.6 Å². The second kappa shape index (κ2) is 5.32. The highest BCUT2D eigenvalue weighted by atomic mass is 19.4. The number of hydrogen-bond acceptors (Lipinski definition) is 3. The Morgan fingerprint density at radius 3 is 2.24 bits per heavy atom. The van der Waals surface area contributed by atoms with Crippen molar-refractivity contribution in [3.8, 4) is 17.6 Å². The largest absolute Gasteiger partial charge is 0.457 e. The number of anilines is 1. The lowest BCUT2D eigenvalue weighted by molar-refractivity contribution is -0.137. The van der Waals surface area contributed by atoms with E-state index in [1.165, 1.54) is 24.3 Å². The van der Waals surface area contributed by atoms with Crippen molar-refractivity contribution >= 4 is 5.69 Å². The van der Waals surface area contributed by atoms with Gasteiger partial charge < -0.3 is 10.5 Å². The third-order valence-corrected chi connectivity index (χ3v) is 2.62. The van der Waals surface area contributed by atoms with Gasteiger partial charge in [0.2, 0.25) is 0 Å². The average molecular weight is 296 g/mol. The summed E-state index contributed by atoms with van der Waals surface area (Å²) >= 11 is 0. The zero-order valence-electron chi connectivity index (χ0n) is 10.4. The Hall–Kier alpha value is -2.75. The topological polar surface area (TPSA) is 59.0 Å². The van der Waals surface area contributed by atoms with E-state index in [-0.39, 0.29) is 17.2 Å². The van der Waals surface area contributed by atoms with Crippen LogP contribution in [-0.4, -0.2) is 0 Å². The number of hydrogen-bond donors (Lipinski definition) is 1. The number of ether oxygens (including phenoxy) is 1. The van der Waals surface area contributed by atoms with E-state index in [0.29, 0.717) is 6.07 Å². The summed E-state index contributed by atoms with van der Waals surface area (Å²) in [7, 11) is 0. The van der Waals surface area contributed by atoms with E-state index in [0.717, 1.165) is 12.1 Å². The molecule has 0 unspecified atom stereocenters. The van der Waals surface area contributed by atoms with E-state index < -0.39 is 23.1 Å². The molecule has 0 saturated heterocycles. The fourth-order valence-electron chi connectivity index (χ4n) is 1.63. The lowest BCUT2D eigenvalue weighted by Crippen LogP contribution is -2.07. The molecule has 2 rings (SSSR count). The first-order valence-electron chi connectivity index (χ1n) is 5.65. The molecule has 2 aromatic rings. The summed E-state index contributed by atoms with van der Waals surface area (Å²) in [5.74, 6) is -0.901. The van der Waals surface area contributed by atoms with Crippen LogP contribution in [0.4, 0.5) is 23.2 Å². The molecule has 0 aliphatic rings. The zero-order chi connectivity index (χ0) is 15.6. The number of nitriles is 1. The molecule has 0 radical (unpaired) electrons. The van der Waals surface area contributed by atoms with Crippen LogP contribution in [0, 0.1) is 17.1 Å². The molecule has 7 heteroatoms. The Balaban J connectivity index is 2.37. The lowest BCUT2D eigenvalue weighted by atomic mass is 10.1. The number of alkyl halides is 3. The number of nitrogens with zero attached hydrogens (tertiary/aromatic N) is 1. The third-order valence-electron chi connectivity index (χ3n) is 2.62. The molecule has 0 fully saturated rings. The van der Waals surface area contributed by atoms with Gasteiger partial charge in [-0.3, -0.25) is 0 Å². The Labute approximate surface area is 117 Å². The maximum atomic E-state index is 13.2. The minimum Gasteiger partial charge on any atom is -0.457 e. The Bertz CT molecular complexity index is 720. The van der Waals surface area contributed by atoms with Crippen molar-refractivity contribution in [2.24, 2.45) is 0 Å². The zero-order valence-corrected chi connectivity index (χ0v) is 10.4. The number of nitrogen functional groups attached to an aromatic ring is 1. The van der Waals surface area contributed by atoms with Gasteiger partial charge >= 0.3 is 6.18 Å². The predicted molar refractivity (Wildman–Crippen MR) is 67.0 cm³/mol. The van der Waals surface area contributed by atoms with Gasteiger partial charge in [-0.2, -0.15) is 18.4 Å². The van der Waals surface area contributed by atoms with Gasteiger partial charge in [0.1, 0.15) is 17.3 Å². The van der Waals surface area contributed by atoms with Crippen LogP contribution >= 0.6 is 0 Å². The highest BCUT2D eigenvalue weighted by molar-refractivity contribution is 5.47. The molecule has 2 N–H and O–H groups in total. The normalized spacial score (nSPS) is 11.0. The first-order valence-corrected chi connectivity index (χ1v) is 5.65. The van der Waals surface area contributed by atoms with Crippen LogP contribution in [0.5, 0.6) is 11.5 Å². The first-order chi connectivity index (χ1) is 9.81. The number of rotatable bonds is 2. The van der Waals surface area contributed by atoms with Crippen LogP contribution in [0.3, 0.4) is 0 Å². The second-order valence-electron chi connectivity index (χ2n) is 4.10. The average Bonchev–Trinajstić information content (AvgIpc) is 2.42. The standard InChI is InChI=1S/C14H8F4N2O/c15-12-6-10(3-4-13(12)20)21-9-2-1-8(7-19)11(5-9)14(16,17)18/h1-6H,20H2. The Kier molecular flexibility index (Phi) is 3.72. The van der Waals surface area contributed by atoms with Gasteiger partial charge in [-0.25, -0.2) is 4.39 Å². The molecule has 21 heavy (non-hydrogen) atoms. The SMILES string of the molecule is N#Cc1ccc(Oc2ccc(N)c(F)c2)cc1C(F)(F)F. The van der Waals surface area contributed by atoms with Crippen molar-refractivity contribution in [1.29, 1.82) is 5.26 Å². The highest BCUT2D eigenvalue weighted by Crippen LogP contribution is 2.35. The van der Waals surface area contributed by atoms with Gasteiger partial charge in [-0.15, -0.1) is 0 Å². The molecular weight excluding hydrogens is 288 g/mol. The molecule has 0 bridgehead atoms. The summed E-state index contributed by atoms with van der Waals surface area (Å²) in [6, 6.07) is 7.85. The van der Waals surface area contributed by atoms with Crippen molar-refractivity contribution in [3.05, 3.63) is 53.3 Å². The Morgan fingerprint density at radius 2 is 1.67 bits per heavy atom. The lowest BCUT2D eigenvalue weighted by Gasteiger charge is -2.12. The van der Waals surface area contributed by atoms with Crippen LogP contribution in [0.1, 0.15) is 11.1 Å². The first kappa shape index (κ1) is 14.7. The van der Waals surface area contributed by atoms with E-state index in [4.69, 9.17) is 15.7 Å². The van der Waals surface area contributed by atoms with Crippen LogP contribution < -0.4 is 10.5 Å². The number of benzene rings is 2. The number of nitrogens with two attached hydrogens (primary N) is 1. The number of halogens is 4. The Morgan fingerprint density at radius 1 is 1.05 bits per heavy atom. The summed E-state index contributed by atoms with van der Waals surface area (Å²) in [6.45, 7) is 0. The summed E-state index contributed by atoms with van der Waals surface area (Å²) in [5.41, 5.74) is 3.56. The van der Waals surface area contributed by atoms with Gasteiger partial charge in [0.15, 0.2) is 0 Å². The molecule has 0 aliphatic carbocycles. The monoisotopic (exact) mass is 296 g/mol. The molecule has 0 atom stereocenters. The van der Waals surface area contributed by atoms with E-state index >= 15 is 0 Å². The van der Waals surface area contributed by atoms with Gasteiger partial charge in [0, 0.05) is 6.07 Å². The van der Waals surface area contributed by atoms with Gasteiger partial charge in [0.25, 0.3) is 0 Å². The van der Waals surface area contributed by atoms with Crippen LogP contribution in [0.2, 0.25) is 0 Å². The van der Waals surface area contributed by atoms with E-state index in [1.807, 2.05) is 0 Å². The van der Waals surface area contributed by atoms with Crippen molar-refractivity contribution in [2.75, 3.05) is 5.73 Å². The summed E-state index contributed by atoms with van der Waals surface area (Å²) < 4.78 is 56.7. The highest BCUT2D eigenvalue weighted by Gasteiger charge is 2.34. The van der Waals surface area contributed by atoms with Gasteiger partial charge in [-0.1, -0.05) is 0 Å². The molecule has 0 amide bonds. The molecule has 0 saturated carbocycles. The van der Waals surface area contributed by atoms with Crippen LogP contribution in [0.15, 0.2) is 36.4 Å². The second-order valence-corrected chi connectivity index (χ2v) is 4.10. The van der Waals surface area contributed by atoms with E-state index in [1.54, 1.807) is 0 Å². The molecule has 108 valence electrons. The summed E-state index contributed by atoms with van der Waals surface area (Å²) in [4.78, 5) is 0. The third kappa shape index (κ3) is 3.23. The smallest absolute Gasteiger partial charge is 0.417 e. The predicted octanol–water partition coefficient (Wildman–Crippen LogP) is 4.09. The molecule has 0 aliphatic heterocycles. The van der Waals surface area contributed by atoms with Crippen molar-refractivity contribution in [2.45, 2.75) is 6.18 Å². The molecule has 0 heterocycles. The molecule has 2 aromatic carbocycles. The van der Waals surface area contributed by atoms with E-state index in [2.05, 4.69) is 0 Å². The van der Waals surface area contributed by atoms with Gasteiger partial charge in [-0.05, 0) is 30.3 Å². The fraction of sp³-hybridized carbons (Fsp3) is 0.0714. The van der Waals surface area contributed by atoms with Crippen LogP contribution in [-0.2, 0) is 6.18 Å². The van der Waals surface area contributed by atoms with Crippen molar-refractivity contribution < 1.29 is 22.3 Å². The molecule has 0 spiro atoms.